The van der Waals surface area contributed by atoms with Crippen LogP contribution in [0.1, 0.15) is 0 Å². The van der Waals surface area contributed by atoms with Gasteiger partial charge in [-0.15, -0.1) is 11.6 Å². The highest BCUT2D eigenvalue weighted by Crippen LogP contribution is 2.02. The maximum Gasteiger partial charge on any atom is 0.0504 e. The molecule has 1 rings (SSSR count). The van der Waals surface area contributed by atoms with Gasteiger partial charge >= 0.3 is 0 Å². The molecule has 35 valence electrons. The van der Waals surface area contributed by atoms with Crippen molar-refractivity contribution < 1.29 is 0 Å². The normalized spacial score (nSPS) is 34.5. The summed E-state index contributed by atoms with van der Waals surface area (Å²) < 4.78 is 0. The van der Waals surface area contributed by atoms with Crippen LogP contribution in [0.2, 0.25) is 0 Å². The summed E-state index contributed by atoms with van der Waals surface area (Å²) >= 11 is 5.59. The van der Waals surface area contributed by atoms with E-state index in [-0.39, 0.29) is 5.38 Å². The average molecular weight is 105 g/mol. The quantitative estimate of drug-likeness (QED) is 0.439. The highest BCUT2D eigenvalue weighted by Gasteiger charge is 2.08. The Bertz CT molecular complexity index is 40.8. The molecule has 1 unspecified atom stereocenters. The Morgan fingerprint density at radius 1 is 1.83 bits per heavy atom. The Morgan fingerprint density at radius 3 is 2.83 bits per heavy atom. The molecule has 0 aliphatic carbocycles. The summed E-state index contributed by atoms with van der Waals surface area (Å²) in [6.07, 6.45) is 2.06. The molecule has 1 radical (unpaired) electrons. The fourth-order valence-corrected chi connectivity index (χ4v) is 0.714. The van der Waals surface area contributed by atoms with E-state index in [2.05, 4.69) is 11.7 Å². The number of hydrogen-bond donors (Lipinski definition) is 1. The van der Waals surface area contributed by atoms with Gasteiger partial charge in [0.05, 0.1) is 5.38 Å². The standard InChI is InChI=1S/C4H7ClN/c5-4-1-2-6-3-4/h1,4,6H,2-3H2. The second-order valence-electron chi connectivity index (χ2n) is 1.41. The van der Waals surface area contributed by atoms with E-state index in [9.17, 15) is 0 Å². The molecule has 1 nitrogen and oxygen atoms in total. The second kappa shape index (κ2) is 1.80. The van der Waals surface area contributed by atoms with E-state index < -0.39 is 0 Å². The lowest BCUT2D eigenvalue weighted by molar-refractivity contribution is 0.864. The van der Waals surface area contributed by atoms with E-state index in [1.165, 1.54) is 0 Å². The molecule has 6 heavy (non-hydrogen) atoms. The van der Waals surface area contributed by atoms with Gasteiger partial charge in [-0.3, -0.25) is 0 Å². The van der Waals surface area contributed by atoms with Crippen LogP contribution in [0.25, 0.3) is 0 Å². The van der Waals surface area contributed by atoms with Crippen LogP contribution >= 0.6 is 11.6 Å². The lowest BCUT2D eigenvalue weighted by Gasteiger charge is -1.87. The van der Waals surface area contributed by atoms with E-state index >= 15 is 0 Å². The lowest BCUT2D eigenvalue weighted by atomic mass is 10.4. The van der Waals surface area contributed by atoms with Gasteiger partial charge in [-0.25, -0.2) is 0 Å². The minimum absolute atomic E-state index is 0.282. The van der Waals surface area contributed by atoms with Gasteiger partial charge in [0.25, 0.3) is 0 Å². The third-order valence-electron chi connectivity index (χ3n) is 0.857. The number of hydrogen-bond acceptors (Lipinski definition) is 1. The summed E-state index contributed by atoms with van der Waals surface area (Å²) in [5, 5.41) is 3.37. The zero-order valence-corrected chi connectivity index (χ0v) is 4.20. The minimum atomic E-state index is 0.282. The van der Waals surface area contributed by atoms with Crippen molar-refractivity contribution in [2.24, 2.45) is 0 Å². The molecular weight excluding hydrogens is 97.5 g/mol. The summed E-state index contributed by atoms with van der Waals surface area (Å²) in [6.45, 7) is 1.93. The largest absolute Gasteiger partial charge is 0.315 e. The van der Waals surface area contributed by atoms with E-state index in [0.29, 0.717) is 0 Å². The number of nitrogens with one attached hydrogen (secondary N) is 1. The Morgan fingerprint density at radius 2 is 2.67 bits per heavy atom. The SMILES string of the molecule is ClC1[CH]CNC1. The molecule has 0 aromatic carbocycles. The van der Waals surface area contributed by atoms with Crippen molar-refractivity contribution in [2.45, 2.75) is 5.38 Å². The van der Waals surface area contributed by atoms with Crippen LogP contribution in [0.15, 0.2) is 0 Å². The van der Waals surface area contributed by atoms with Gasteiger partial charge < -0.3 is 5.32 Å². The molecule has 0 aromatic heterocycles. The van der Waals surface area contributed by atoms with Crippen molar-refractivity contribution in [1.82, 2.24) is 5.32 Å². The lowest BCUT2D eigenvalue weighted by Crippen LogP contribution is -2.07. The van der Waals surface area contributed by atoms with Gasteiger partial charge in [0.1, 0.15) is 0 Å². The Hall–Kier alpha value is 0.250. The van der Waals surface area contributed by atoms with Crippen molar-refractivity contribution in [2.75, 3.05) is 13.1 Å². The molecule has 0 saturated carbocycles. The highest BCUT2D eigenvalue weighted by atomic mass is 35.5. The summed E-state index contributed by atoms with van der Waals surface area (Å²) in [6, 6.07) is 0. The van der Waals surface area contributed by atoms with E-state index in [0.717, 1.165) is 13.1 Å². The Balaban J connectivity index is 2.18. The highest BCUT2D eigenvalue weighted by molar-refractivity contribution is 6.21. The van der Waals surface area contributed by atoms with Crippen LogP contribution in [0.5, 0.6) is 0 Å². The van der Waals surface area contributed by atoms with Gasteiger partial charge in [0.15, 0.2) is 0 Å². The number of alkyl halides is 1. The molecule has 1 N–H and O–H groups in total. The van der Waals surface area contributed by atoms with Crippen molar-refractivity contribution >= 4 is 11.6 Å². The van der Waals surface area contributed by atoms with Crippen LogP contribution in [0.3, 0.4) is 0 Å². The van der Waals surface area contributed by atoms with Crippen molar-refractivity contribution in [3.05, 3.63) is 6.42 Å². The fourth-order valence-electron chi connectivity index (χ4n) is 0.516. The zero-order chi connectivity index (χ0) is 4.41. The molecular formula is C4H7ClN. The summed E-state index contributed by atoms with van der Waals surface area (Å²) in [4.78, 5) is 0. The molecule has 0 aromatic rings. The minimum Gasteiger partial charge on any atom is -0.315 e. The first-order valence-corrected chi connectivity index (χ1v) is 2.51. The van der Waals surface area contributed by atoms with Crippen LogP contribution in [-0.2, 0) is 0 Å². The third-order valence-corrected chi connectivity index (χ3v) is 1.19. The molecule has 2 heteroatoms. The Labute approximate surface area is 42.7 Å². The van der Waals surface area contributed by atoms with Gasteiger partial charge in [-0.05, 0) is 13.0 Å². The molecule has 1 aliphatic rings. The van der Waals surface area contributed by atoms with Gasteiger partial charge in [-0.1, -0.05) is 0 Å². The first-order valence-electron chi connectivity index (χ1n) is 2.08. The van der Waals surface area contributed by atoms with E-state index in [4.69, 9.17) is 11.6 Å². The van der Waals surface area contributed by atoms with E-state index in [1.807, 2.05) is 0 Å². The average Bonchev–Trinajstić information content (AvgIpc) is 1.86. The van der Waals surface area contributed by atoms with Crippen LogP contribution in [0.4, 0.5) is 0 Å². The summed E-state index contributed by atoms with van der Waals surface area (Å²) in [5.74, 6) is 0. The van der Waals surface area contributed by atoms with Crippen molar-refractivity contribution in [3.63, 3.8) is 0 Å². The molecule has 0 spiro atoms. The molecule has 1 atom stereocenters. The topological polar surface area (TPSA) is 12.0 Å². The van der Waals surface area contributed by atoms with Gasteiger partial charge in [0, 0.05) is 6.54 Å². The van der Waals surface area contributed by atoms with Gasteiger partial charge in [0.2, 0.25) is 0 Å². The maximum absolute atomic E-state index is 5.59. The molecule has 0 bridgehead atoms. The monoisotopic (exact) mass is 104 g/mol. The summed E-state index contributed by atoms with van der Waals surface area (Å²) in [5.41, 5.74) is 0. The van der Waals surface area contributed by atoms with Crippen LogP contribution in [-0.4, -0.2) is 18.5 Å². The maximum atomic E-state index is 5.59. The van der Waals surface area contributed by atoms with Crippen molar-refractivity contribution in [3.8, 4) is 0 Å². The van der Waals surface area contributed by atoms with Gasteiger partial charge in [-0.2, -0.15) is 0 Å². The molecule has 0 amide bonds. The fraction of sp³-hybridized carbons (Fsp3) is 0.750. The second-order valence-corrected chi connectivity index (χ2v) is 1.97. The first kappa shape index (κ1) is 4.41. The zero-order valence-electron chi connectivity index (χ0n) is 3.45. The Kier molecular flexibility index (Phi) is 1.33. The van der Waals surface area contributed by atoms with E-state index in [1.54, 1.807) is 0 Å². The number of rotatable bonds is 0. The predicted molar refractivity (Wildman–Crippen MR) is 26.8 cm³/mol. The molecule has 1 fully saturated rings. The molecule has 1 heterocycles. The van der Waals surface area contributed by atoms with Crippen molar-refractivity contribution in [1.29, 1.82) is 0 Å². The molecule has 1 saturated heterocycles. The predicted octanol–water partition coefficient (Wildman–Crippen LogP) is 0.401. The molecule has 1 aliphatic heterocycles. The van der Waals surface area contributed by atoms with Crippen LogP contribution in [0, 0.1) is 6.42 Å². The third kappa shape index (κ3) is 0.854. The number of halogens is 1. The summed E-state index contributed by atoms with van der Waals surface area (Å²) in [7, 11) is 0. The van der Waals surface area contributed by atoms with Crippen LogP contribution < -0.4 is 5.32 Å². The first-order chi connectivity index (χ1) is 2.89. The smallest absolute Gasteiger partial charge is 0.0504 e.